The van der Waals surface area contributed by atoms with E-state index in [0.717, 1.165) is 64.8 Å². The van der Waals surface area contributed by atoms with Crippen LogP contribution in [0.4, 0.5) is 0 Å². The Morgan fingerprint density at radius 2 is 1.71 bits per heavy atom. The molecule has 0 aromatic rings. The number of carbonyl (C=O) groups excluding carboxylic acids is 1. The van der Waals surface area contributed by atoms with Gasteiger partial charge in [0.25, 0.3) is 0 Å². The van der Waals surface area contributed by atoms with Crippen LogP contribution in [0, 0.1) is 5.92 Å². The molecule has 1 saturated carbocycles. The fourth-order valence-corrected chi connectivity index (χ4v) is 3.06. The van der Waals surface area contributed by atoms with E-state index in [0.29, 0.717) is 18.1 Å². The van der Waals surface area contributed by atoms with Gasteiger partial charge in [-0.1, -0.05) is 0 Å². The zero-order chi connectivity index (χ0) is 15.1. The van der Waals surface area contributed by atoms with E-state index in [4.69, 9.17) is 14.2 Å². The van der Waals surface area contributed by atoms with Crippen molar-refractivity contribution in [1.82, 2.24) is 4.90 Å². The molecule has 1 saturated heterocycles. The third-order valence-electron chi connectivity index (χ3n) is 4.63. The van der Waals surface area contributed by atoms with Crippen LogP contribution in [0.5, 0.6) is 0 Å². The van der Waals surface area contributed by atoms with Crippen LogP contribution in [-0.2, 0) is 19.0 Å². The standard InChI is InChI=1S/C16H29NO4/c1-19-9-3-4-10-21-14-5-7-17(8-6-14)16(18)13-11-15(12-13)20-2/h13-15H,3-12H2,1-2H3. The van der Waals surface area contributed by atoms with Crippen LogP contribution in [0.2, 0.25) is 0 Å². The highest BCUT2D eigenvalue weighted by Crippen LogP contribution is 2.32. The fraction of sp³-hybridized carbons (Fsp3) is 0.938. The van der Waals surface area contributed by atoms with Gasteiger partial charge in [0, 0.05) is 46.4 Å². The second kappa shape index (κ2) is 8.71. The van der Waals surface area contributed by atoms with Crippen molar-refractivity contribution < 1.29 is 19.0 Å². The number of ether oxygens (including phenoxy) is 3. The Morgan fingerprint density at radius 1 is 1.05 bits per heavy atom. The normalized spacial score (nSPS) is 26.7. The summed E-state index contributed by atoms with van der Waals surface area (Å²) in [6.07, 6.45) is 6.45. The lowest BCUT2D eigenvalue weighted by Crippen LogP contribution is -2.48. The number of likely N-dealkylation sites (tertiary alicyclic amines) is 1. The molecule has 0 unspecified atom stereocenters. The van der Waals surface area contributed by atoms with Gasteiger partial charge in [0.15, 0.2) is 0 Å². The Bertz CT molecular complexity index is 309. The van der Waals surface area contributed by atoms with Gasteiger partial charge in [0.2, 0.25) is 5.91 Å². The first-order chi connectivity index (χ1) is 10.2. The minimum atomic E-state index is 0.196. The predicted octanol–water partition coefficient (Wildman–Crippen LogP) is 1.85. The highest BCUT2D eigenvalue weighted by atomic mass is 16.5. The molecule has 0 atom stereocenters. The van der Waals surface area contributed by atoms with Crippen molar-refractivity contribution in [3.63, 3.8) is 0 Å². The highest BCUT2D eigenvalue weighted by molar-refractivity contribution is 5.80. The Balaban J connectivity index is 1.57. The number of nitrogens with zero attached hydrogens (tertiary/aromatic N) is 1. The van der Waals surface area contributed by atoms with E-state index >= 15 is 0 Å². The molecule has 0 bridgehead atoms. The van der Waals surface area contributed by atoms with E-state index in [2.05, 4.69) is 0 Å². The zero-order valence-corrected chi connectivity index (χ0v) is 13.4. The number of piperidine rings is 1. The van der Waals surface area contributed by atoms with Crippen molar-refractivity contribution in [3.05, 3.63) is 0 Å². The lowest BCUT2D eigenvalue weighted by Gasteiger charge is -2.39. The summed E-state index contributed by atoms with van der Waals surface area (Å²) in [4.78, 5) is 14.3. The minimum absolute atomic E-state index is 0.196. The topological polar surface area (TPSA) is 48.0 Å². The van der Waals surface area contributed by atoms with Gasteiger partial charge in [-0.15, -0.1) is 0 Å². The second-order valence-electron chi connectivity index (χ2n) is 6.12. The zero-order valence-electron chi connectivity index (χ0n) is 13.4. The molecule has 122 valence electrons. The van der Waals surface area contributed by atoms with E-state index in [1.54, 1.807) is 14.2 Å². The monoisotopic (exact) mass is 299 g/mol. The van der Waals surface area contributed by atoms with Gasteiger partial charge < -0.3 is 19.1 Å². The number of hydrogen-bond donors (Lipinski definition) is 0. The van der Waals surface area contributed by atoms with Gasteiger partial charge in [-0.2, -0.15) is 0 Å². The molecule has 1 aliphatic heterocycles. The smallest absolute Gasteiger partial charge is 0.225 e. The van der Waals surface area contributed by atoms with Gasteiger partial charge in [0.05, 0.1) is 12.2 Å². The molecule has 5 nitrogen and oxygen atoms in total. The van der Waals surface area contributed by atoms with Crippen LogP contribution in [0.15, 0.2) is 0 Å². The molecular weight excluding hydrogens is 270 g/mol. The van der Waals surface area contributed by atoms with E-state index < -0.39 is 0 Å². The van der Waals surface area contributed by atoms with Crippen LogP contribution >= 0.6 is 0 Å². The molecule has 0 spiro atoms. The van der Waals surface area contributed by atoms with Crippen molar-refractivity contribution in [2.75, 3.05) is 40.5 Å². The van der Waals surface area contributed by atoms with Crippen LogP contribution in [-0.4, -0.2) is 63.5 Å². The predicted molar refractivity (Wildman–Crippen MR) is 80.2 cm³/mol. The largest absolute Gasteiger partial charge is 0.385 e. The Kier molecular flexibility index (Phi) is 6.93. The molecule has 21 heavy (non-hydrogen) atoms. The lowest BCUT2D eigenvalue weighted by atomic mass is 9.81. The molecule has 2 aliphatic rings. The van der Waals surface area contributed by atoms with Crippen LogP contribution < -0.4 is 0 Å². The molecule has 1 amide bonds. The van der Waals surface area contributed by atoms with Crippen LogP contribution in [0.1, 0.15) is 38.5 Å². The maximum atomic E-state index is 12.3. The van der Waals surface area contributed by atoms with Crippen molar-refractivity contribution in [3.8, 4) is 0 Å². The maximum absolute atomic E-state index is 12.3. The third-order valence-corrected chi connectivity index (χ3v) is 4.63. The summed E-state index contributed by atoms with van der Waals surface area (Å²) in [7, 11) is 3.45. The summed E-state index contributed by atoms with van der Waals surface area (Å²) in [6.45, 7) is 3.30. The van der Waals surface area contributed by atoms with E-state index in [-0.39, 0.29) is 5.92 Å². The summed E-state index contributed by atoms with van der Waals surface area (Å²) in [5.74, 6) is 0.517. The molecule has 0 N–H and O–H groups in total. The fourth-order valence-electron chi connectivity index (χ4n) is 3.06. The lowest BCUT2D eigenvalue weighted by molar-refractivity contribution is -0.146. The van der Waals surface area contributed by atoms with Crippen molar-refractivity contribution in [2.45, 2.75) is 50.7 Å². The summed E-state index contributed by atoms with van der Waals surface area (Å²) in [5.41, 5.74) is 0. The number of hydrogen-bond acceptors (Lipinski definition) is 4. The molecule has 1 heterocycles. The first-order valence-corrected chi connectivity index (χ1v) is 8.16. The average Bonchev–Trinajstić information content (AvgIpc) is 2.46. The van der Waals surface area contributed by atoms with E-state index in [1.807, 2.05) is 4.90 Å². The quantitative estimate of drug-likeness (QED) is 0.642. The molecule has 0 aromatic carbocycles. The molecular formula is C16H29NO4. The van der Waals surface area contributed by atoms with Crippen molar-refractivity contribution in [2.24, 2.45) is 5.92 Å². The summed E-state index contributed by atoms with van der Waals surface area (Å²) >= 11 is 0. The van der Waals surface area contributed by atoms with Gasteiger partial charge in [-0.3, -0.25) is 4.79 Å². The van der Waals surface area contributed by atoms with Crippen molar-refractivity contribution in [1.29, 1.82) is 0 Å². The summed E-state index contributed by atoms with van der Waals surface area (Å²) in [5, 5.41) is 0. The molecule has 5 heteroatoms. The second-order valence-corrected chi connectivity index (χ2v) is 6.12. The maximum Gasteiger partial charge on any atom is 0.225 e. The first-order valence-electron chi connectivity index (χ1n) is 8.16. The number of rotatable bonds is 8. The Hall–Kier alpha value is -0.650. The first kappa shape index (κ1) is 16.7. The molecule has 0 radical (unpaired) electrons. The van der Waals surface area contributed by atoms with E-state index in [1.165, 1.54) is 0 Å². The van der Waals surface area contributed by atoms with E-state index in [9.17, 15) is 4.79 Å². The highest BCUT2D eigenvalue weighted by Gasteiger charge is 2.37. The van der Waals surface area contributed by atoms with Crippen LogP contribution in [0.3, 0.4) is 0 Å². The van der Waals surface area contributed by atoms with Crippen LogP contribution in [0.25, 0.3) is 0 Å². The average molecular weight is 299 g/mol. The minimum Gasteiger partial charge on any atom is -0.385 e. The molecule has 2 rings (SSSR count). The van der Waals surface area contributed by atoms with Gasteiger partial charge >= 0.3 is 0 Å². The summed E-state index contributed by atoms with van der Waals surface area (Å²) in [6, 6.07) is 0. The molecule has 2 fully saturated rings. The molecule has 1 aliphatic carbocycles. The van der Waals surface area contributed by atoms with Gasteiger partial charge in [-0.05, 0) is 38.5 Å². The Labute approximate surface area is 127 Å². The van der Waals surface area contributed by atoms with Crippen molar-refractivity contribution >= 4 is 5.91 Å². The molecule has 0 aromatic heterocycles. The number of unbranched alkanes of at least 4 members (excludes halogenated alkanes) is 1. The van der Waals surface area contributed by atoms with Gasteiger partial charge in [0.1, 0.15) is 0 Å². The number of amides is 1. The number of methoxy groups -OCH3 is 2. The third kappa shape index (κ3) is 4.94. The Morgan fingerprint density at radius 3 is 2.33 bits per heavy atom. The van der Waals surface area contributed by atoms with Gasteiger partial charge in [-0.25, -0.2) is 0 Å². The number of carbonyl (C=O) groups is 1. The SMILES string of the molecule is COCCCCOC1CCN(C(=O)C2CC(OC)C2)CC1. The summed E-state index contributed by atoms with van der Waals surface area (Å²) < 4.78 is 16.1.